The summed E-state index contributed by atoms with van der Waals surface area (Å²) in [5, 5.41) is 13.7. The van der Waals surface area contributed by atoms with Crippen LogP contribution in [0.3, 0.4) is 0 Å². The molecule has 4 rings (SSSR count). The van der Waals surface area contributed by atoms with Gasteiger partial charge in [-0.15, -0.1) is 0 Å². The predicted molar refractivity (Wildman–Crippen MR) is 133 cm³/mol. The lowest BCUT2D eigenvalue weighted by Crippen LogP contribution is -2.33. The summed E-state index contributed by atoms with van der Waals surface area (Å²) in [6.07, 6.45) is 12.1. The van der Waals surface area contributed by atoms with Gasteiger partial charge in [0.15, 0.2) is 0 Å². The molecule has 0 aliphatic heterocycles. The Morgan fingerprint density at radius 2 is 1.85 bits per heavy atom. The highest BCUT2D eigenvalue weighted by Crippen LogP contribution is 2.31. The smallest absolute Gasteiger partial charge is 0.234 e. The van der Waals surface area contributed by atoms with Gasteiger partial charge in [-0.25, -0.2) is 0 Å². The van der Waals surface area contributed by atoms with E-state index in [0.29, 0.717) is 25.7 Å². The summed E-state index contributed by atoms with van der Waals surface area (Å²) in [5.74, 6) is 0.00723. The first-order chi connectivity index (χ1) is 16.3. The van der Waals surface area contributed by atoms with E-state index in [4.69, 9.17) is 0 Å². The second-order valence-electron chi connectivity index (χ2n) is 9.42. The van der Waals surface area contributed by atoms with Crippen molar-refractivity contribution in [2.24, 2.45) is 0 Å². The molecule has 1 aromatic carbocycles. The summed E-state index contributed by atoms with van der Waals surface area (Å²) in [6.45, 7) is 3.64. The molecule has 6 heteroatoms. The minimum Gasteiger partial charge on any atom is -0.351 e. The normalized spacial score (nSPS) is 18.2. The summed E-state index contributed by atoms with van der Waals surface area (Å²) in [4.78, 5) is 16.4. The van der Waals surface area contributed by atoms with E-state index in [1.54, 1.807) is 6.20 Å². The van der Waals surface area contributed by atoms with Gasteiger partial charge in [-0.1, -0.05) is 43.5 Å². The van der Waals surface area contributed by atoms with E-state index in [0.717, 1.165) is 31.2 Å². The Morgan fingerprint density at radius 3 is 2.70 bits per heavy atom. The maximum atomic E-state index is 12.2. The highest BCUT2D eigenvalue weighted by atomic mass is 16.1. The van der Waals surface area contributed by atoms with E-state index in [1.165, 1.54) is 61.6 Å². The molecule has 1 heterocycles. The maximum Gasteiger partial charge on any atom is 0.234 e. The maximum absolute atomic E-state index is 12.2. The monoisotopic (exact) mass is 449 g/mol. The standard InChI is InChI=1S/C27H39N5O/c33-27(20-28-19-24-9-4-5-14-30-24)32-18-21-10-12-25-22(17-21)11-13-26(25)31-16-6-15-29-23-7-2-1-3-8-23/h4-5,9-10,12,14,17,23,26,28-29,31H,1-3,6-8,11,13,15-16,18-20H2,(H,32,33). The molecule has 1 atom stereocenters. The Bertz CT molecular complexity index is 866. The molecule has 6 nitrogen and oxygen atoms in total. The molecule has 1 saturated carbocycles. The number of aromatic nitrogens is 1. The van der Waals surface area contributed by atoms with Crippen molar-refractivity contribution in [1.82, 2.24) is 26.3 Å². The van der Waals surface area contributed by atoms with E-state index >= 15 is 0 Å². The summed E-state index contributed by atoms with van der Waals surface area (Å²) in [7, 11) is 0. The first-order valence-electron chi connectivity index (χ1n) is 12.7. The fourth-order valence-electron chi connectivity index (χ4n) is 5.04. The number of pyridine rings is 1. The van der Waals surface area contributed by atoms with Crippen LogP contribution in [0.15, 0.2) is 42.6 Å². The average molecular weight is 450 g/mol. The van der Waals surface area contributed by atoms with Crippen molar-refractivity contribution in [2.75, 3.05) is 19.6 Å². The van der Waals surface area contributed by atoms with E-state index in [1.807, 2.05) is 18.2 Å². The van der Waals surface area contributed by atoms with Gasteiger partial charge in [0.2, 0.25) is 5.91 Å². The Balaban J connectivity index is 1.12. The number of hydrogen-bond acceptors (Lipinski definition) is 5. The third-order valence-corrected chi connectivity index (χ3v) is 6.88. The van der Waals surface area contributed by atoms with Crippen LogP contribution in [-0.2, 0) is 24.3 Å². The molecule has 1 unspecified atom stereocenters. The van der Waals surface area contributed by atoms with Crippen LogP contribution >= 0.6 is 0 Å². The van der Waals surface area contributed by atoms with Crippen molar-refractivity contribution in [1.29, 1.82) is 0 Å². The number of benzene rings is 1. The van der Waals surface area contributed by atoms with Crippen molar-refractivity contribution in [3.63, 3.8) is 0 Å². The number of amides is 1. The van der Waals surface area contributed by atoms with E-state index < -0.39 is 0 Å². The van der Waals surface area contributed by atoms with Gasteiger partial charge in [0.25, 0.3) is 0 Å². The molecule has 1 aromatic heterocycles. The predicted octanol–water partition coefficient (Wildman–Crippen LogP) is 3.38. The lowest BCUT2D eigenvalue weighted by atomic mass is 9.95. The molecule has 33 heavy (non-hydrogen) atoms. The molecule has 4 N–H and O–H groups in total. The largest absolute Gasteiger partial charge is 0.351 e. The van der Waals surface area contributed by atoms with Crippen LogP contribution in [0.4, 0.5) is 0 Å². The van der Waals surface area contributed by atoms with Gasteiger partial charge in [-0.2, -0.15) is 0 Å². The number of carbonyl (C=O) groups is 1. The SMILES string of the molecule is O=C(CNCc1ccccn1)NCc1ccc2c(c1)CCC2NCCCNC1CCCCC1. The molecule has 2 aromatic rings. The Morgan fingerprint density at radius 1 is 0.970 bits per heavy atom. The minimum absolute atomic E-state index is 0.00723. The van der Waals surface area contributed by atoms with E-state index in [9.17, 15) is 4.79 Å². The molecule has 0 saturated heterocycles. The van der Waals surface area contributed by atoms with Gasteiger partial charge in [0.1, 0.15) is 0 Å². The highest BCUT2D eigenvalue weighted by molar-refractivity contribution is 5.77. The van der Waals surface area contributed by atoms with Crippen molar-refractivity contribution in [3.8, 4) is 0 Å². The molecule has 2 aliphatic rings. The van der Waals surface area contributed by atoms with Crippen LogP contribution in [0.1, 0.15) is 73.4 Å². The molecule has 0 bridgehead atoms. The number of rotatable bonds is 12. The van der Waals surface area contributed by atoms with Crippen molar-refractivity contribution >= 4 is 5.91 Å². The van der Waals surface area contributed by atoms with Crippen LogP contribution in [0.5, 0.6) is 0 Å². The minimum atomic E-state index is 0.00723. The molecule has 0 spiro atoms. The van der Waals surface area contributed by atoms with Gasteiger partial charge < -0.3 is 21.3 Å². The first kappa shape index (κ1) is 23.9. The Hall–Kier alpha value is -2.28. The molecule has 0 radical (unpaired) electrons. The quantitative estimate of drug-likeness (QED) is 0.374. The van der Waals surface area contributed by atoms with E-state index in [-0.39, 0.29) is 5.91 Å². The van der Waals surface area contributed by atoms with Gasteiger partial charge in [-0.3, -0.25) is 9.78 Å². The average Bonchev–Trinajstić information content (AvgIpc) is 3.26. The third-order valence-electron chi connectivity index (χ3n) is 6.88. The lowest BCUT2D eigenvalue weighted by Gasteiger charge is -2.23. The Kier molecular flexibility index (Phi) is 9.27. The second-order valence-corrected chi connectivity index (χ2v) is 9.42. The van der Waals surface area contributed by atoms with Crippen LogP contribution in [-0.4, -0.2) is 36.6 Å². The number of carbonyl (C=O) groups excluding carboxylic acids is 1. The van der Waals surface area contributed by atoms with Crippen LogP contribution < -0.4 is 21.3 Å². The van der Waals surface area contributed by atoms with Gasteiger partial charge in [-0.05, 0) is 74.0 Å². The number of nitrogens with zero attached hydrogens (tertiary/aromatic N) is 1. The van der Waals surface area contributed by atoms with E-state index in [2.05, 4.69) is 44.5 Å². The van der Waals surface area contributed by atoms with Crippen molar-refractivity contribution < 1.29 is 4.79 Å². The molecule has 1 fully saturated rings. The fraction of sp³-hybridized carbons (Fsp3) is 0.556. The first-order valence-corrected chi connectivity index (χ1v) is 12.7. The van der Waals surface area contributed by atoms with Crippen molar-refractivity contribution in [2.45, 2.75) is 76.5 Å². The van der Waals surface area contributed by atoms with Crippen LogP contribution in [0, 0.1) is 0 Å². The summed E-state index contributed by atoms with van der Waals surface area (Å²) >= 11 is 0. The zero-order chi connectivity index (χ0) is 22.7. The number of fused-ring (bicyclic) bond motifs is 1. The summed E-state index contributed by atoms with van der Waals surface area (Å²) < 4.78 is 0. The third kappa shape index (κ3) is 7.63. The Labute approximate surface area is 198 Å². The highest BCUT2D eigenvalue weighted by Gasteiger charge is 2.22. The zero-order valence-electron chi connectivity index (χ0n) is 19.7. The van der Waals surface area contributed by atoms with Gasteiger partial charge in [0.05, 0.1) is 12.2 Å². The zero-order valence-corrected chi connectivity index (χ0v) is 19.7. The second kappa shape index (κ2) is 12.8. The van der Waals surface area contributed by atoms with Gasteiger partial charge in [0, 0.05) is 31.4 Å². The number of hydrogen-bond donors (Lipinski definition) is 4. The summed E-state index contributed by atoms with van der Waals surface area (Å²) in [5.41, 5.74) is 4.96. The molecular weight excluding hydrogens is 410 g/mol. The molecule has 1 amide bonds. The topological polar surface area (TPSA) is 78.1 Å². The number of nitrogens with one attached hydrogen (secondary N) is 4. The van der Waals surface area contributed by atoms with Crippen LogP contribution in [0.2, 0.25) is 0 Å². The van der Waals surface area contributed by atoms with Gasteiger partial charge >= 0.3 is 0 Å². The number of aryl methyl sites for hydroxylation is 1. The van der Waals surface area contributed by atoms with Crippen LogP contribution in [0.25, 0.3) is 0 Å². The lowest BCUT2D eigenvalue weighted by molar-refractivity contribution is -0.120. The summed E-state index contributed by atoms with van der Waals surface area (Å²) in [6, 6.07) is 13.7. The molecule has 178 valence electrons. The van der Waals surface area contributed by atoms with Crippen molar-refractivity contribution in [3.05, 3.63) is 65.0 Å². The molecular formula is C27H39N5O. The fourth-order valence-corrected chi connectivity index (χ4v) is 5.04. The molecule has 2 aliphatic carbocycles.